The molecule has 0 bridgehead atoms. The average molecular weight is 394 g/mol. The molecular weight excluding hydrogens is 368 g/mol. The summed E-state index contributed by atoms with van der Waals surface area (Å²) in [4.78, 5) is 38.2. The van der Waals surface area contributed by atoms with Crippen LogP contribution in [0.3, 0.4) is 0 Å². The number of aliphatic carboxylic acids is 1. The van der Waals surface area contributed by atoms with Gasteiger partial charge in [0.25, 0.3) is 0 Å². The summed E-state index contributed by atoms with van der Waals surface area (Å²) in [5.41, 5.74) is 10.6. The van der Waals surface area contributed by atoms with Crippen LogP contribution in [0.5, 0.6) is 0 Å². The second-order valence-corrected chi connectivity index (χ2v) is 7.91. The number of carbonyl (C=O) groups excluding carboxylic acids is 2. The Morgan fingerprint density at radius 2 is 1.62 bits per heavy atom. The van der Waals surface area contributed by atoms with Gasteiger partial charge in [0, 0.05) is 5.92 Å². The summed E-state index contributed by atoms with van der Waals surface area (Å²) in [6.45, 7) is 0. The maximum Gasteiger partial charge on any atom is 0.305 e. The van der Waals surface area contributed by atoms with E-state index in [4.69, 9.17) is 11.5 Å². The van der Waals surface area contributed by atoms with Gasteiger partial charge in [-0.25, -0.2) is 0 Å². The standard InChI is InChI=1S/C23H26N2O4/c24-21(29)23(13-7-12-18(23)17-10-5-2-6-11-17)20(28)22(25,15-19(26)27)14-16-8-3-1-4-9-16/h1-6,8-11,18H,7,12-15,25H2,(H2,24,29)(H,26,27)/t18?,22-,23?/m0/s1. The fourth-order valence-corrected chi connectivity index (χ4v) is 4.72. The van der Waals surface area contributed by atoms with E-state index in [0.29, 0.717) is 12.8 Å². The first kappa shape index (κ1) is 20.7. The van der Waals surface area contributed by atoms with Crippen LogP contribution in [0.25, 0.3) is 0 Å². The molecule has 6 heteroatoms. The molecule has 6 nitrogen and oxygen atoms in total. The summed E-state index contributed by atoms with van der Waals surface area (Å²) in [5, 5.41) is 9.48. The number of Topliss-reactive ketones (excluding diaryl/α,β-unsaturated/α-hetero) is 1. The molecule has 0 radical (unpaired) electrons. The highest BCUT2D eigenvalue weighted by atomic mass is 16.4. The van der Waals surface area contributed by atoms with E-state index in [1.165, 1.54) is 0 Å². The molecule has 3 atom stereocenters. The number of carboxylic acids is 1. The Hall–Kier alpha value is -2.99. The zero-order valence-electron chi connectivity index (χ0n) is 16.2. The van der Waals surface area contributed by atoms with Crippen molar-refractivity contribution >= 4 is 17.7 Å². The van der Waals surface area contributed by atoms with Crippen molar-refractivity contribution < 1.29 is 19.5 Å². The second kappa shape index (κ2) is 8.17. The molecule has 1 aliphatic carbocycles. The SMILES string of the molecule is NC(=O)C1(C(=O)[C@@](N)(CC(=O)O)Cc2ccccc2)CCCC1c1ccccc1. The van der Waals surface area contributed by atoms with E-state index in [2.05, 4.69) is 0 Å². The number of amides is 1. The van der Waals surface area contributed by atoms with Crippen LogP contribution < -0.4 is 11.5 Å². The van der Waals surface area contributed by atoms with E-state index in [1.54, 1.807) is 24.3 Å². The lowest BCUT2D eigenvalue weighted by molar-refractivity contribution is -0.149. The number of primary amides is 1. The molecular formula is C23H26N2O4. The van der Waals surface area contributed by atoms with Gasteiger partial charge in [-0.3, -0.25) is 14.4 Å². The topological polar surface area (TPSA) is 123 Å². The predicted molar refractivity (Wildman–Crippen MR) is 109 cm³/mol. The summed E-state index contributed by atoms with van der Waals surface area (Å²) in [7, 11) is 0. The molecule has 0 spiro atoms. The first-order chi connectivity index (χ1) is 13.8. The van der Waals surface area contributed by atoms with Crippen molar-refractivity contribution in [3.63, 3.8) is 0 Å². The Morgan fingerprint density at radius 3 is 2.17 bits per heavy atom. The molecule has 2 aromatic rings. The number of carbonyl (C=O) groups is 3. The van der Waals surface area contributed by atoms with E-state index in [0.717, 1.165) is 11.1 Å². The summed E-state index contributed by atoms with van der Waals surface area (Å²) in [5.74, 6) is -2.91. The van der Waals surface area contributed by atoms with E-state index < -0.39 is 41.0 Å². The molecule has 0 aromatic heterocycles. The molecule has 2 unspecified atom stereocenters. The van der Waals surface area contributed by atoms with Crippen LogP contribution in [0, 0.1) is 5.41 Å². The molecule has 0 aliphatic heterocycles. The first-order valence-electron chi connectivity index (χ1n) is 9.74. The van der Waals surface area contributed by atoms with Gasteiger partial charge in [-0.2, -0.15) is 0 Å². The Bertz CT molecular complexity index is 900. The van der Waals surface area contributed by atoms with Crippen LogP contribution in [-0.2, 0) is 20.8 Å². The molecule has 29 heavy (non-hydrogen) atoms. The Morgan fingerprint density at radius 1 is 1.03 bits per heavy atom. The molecule has 1 aliphatic rings. The first-order valence-corrected chi connectivity index (χ1v) is 9.74. The zero-order valence-corrected chi connectivity index (χ0v) is 16.2. The molecule has 0 heterocycles. The number of hydrogen-bond donors (Lipinski definition) is 3. The lowest BCUT2D eigenvalue weighted by atomic mass is 9.64. The Labute approximate surface area is 169 Å². The minimum atomic E-state index is -1.74. The predicted octanol–water partition coefficient (Wildman–Crippen LogP) is 2.41. The number of hydrogen-bond acceptors (Lipinski definition) is 4. The molecule has 1 saturated carbocycles. The van der Waals surface area contributed by atoms with Crippen LogP contribution in [0.15, 0.2) is 60.7 Å². The van der Waals surface area contributed by atoms with E-state index in [9.17, 15) is 19.5 Å². The summed E-state index contributed by atoms with van der Waals surface area (Å²) >= 11 is 0. The van der Waals surface area contributed by atoms with Gasteiger partial charge in [0.05, 0.1) is 12.0 Å². The molecule has 3 rings (SSSR count). The molecule has 2 aromatic carbocycles. The molecule has 5 N–H and O–H groups in total. The Balaban J connectivity index is 2.07. The van der Waals surface area contributed by atoms with Gasteiger partial charge in [-0.05, 0) is 30.4 Å². The van der Waals surface area contributed by atoms with E-state index in [-0.39, 0.29) is 12.8 Å². The third kappa shape index (κ3) is 3.93. The number of rotatable bonds is 8. The van der Waals surface area contributed by atoms with Gasteiger partial charge >= 0.3 is 5.97 Å². The zero-order chi connectivity index (χ0) is 21.1. The van der Waals surface area contributed by atoms with Crippen LogP contribution in [0.2, 0.25) is 0 Å². The van der Waals surface area contributed by atoms with Crippen molar-refractivity contribution in [2.45, 2.75) is 43.6 Å². The van der Waals surface area contributed by atoms with Gasteiger partial charge in [-0.15, -0.1) is 0 Å². The number of nitrogens with two attached hydrogens (primary N) is 2. The van der Waals surface area contributed by atoms with E-state index >= 15 is 0 Å². The van der Waals surface area contributed by atoms with Crippen LogP contribution in [-0.4, -0.2) is 28.3 Å². The largest absolute Gasteiger partial charge is 0.481 e. The van der Waals surface area contributed by atoms with Gasteiger partial charge in [0.1, 0.15) is 5.41 Å². The summed E-state index contributed by atoms with van der Waals surface area (Å²) < 4.78 is 0. The van der Waals surface area contributed by atoms with Gasteiger partial charge in [0.2, 0.25) is 5.91 Å². The highest BCUT2D eigenvalue weighted by molar-refractivity contribution is 6.11. The van der Waals surface area contributed by atoms with Crippen molar-refractivity contribution in [2.75, 3.05) is 0 Å². The van der Waals surface area contributed by atoms with Crippen LogP contribution in [0.1, 0.15) is 42.7 Å². The maximum absolute atomic E-state index is 13.9. The van der Waals surface area contributed by atoms with Gasteiger partial charge in [-0.1, -0.05) is 67.1 Å². The third-order valence-corrected chi connectivity index (χ3v) is 5.99. The lowest BCUT2D eigenvalue weighted by Gasteiger charge is -2.39. The monoisotopic (exact) mass is 394 g/mol. The summed E-state index contributed by atoms with van der Waals surface area (Å²) in [6.07, 6.45) is 0.983. The third-order valence-electron chi connectivity index (χ3n) is 5.99. The fourth-order valence-electron chi connectivity index (χ4n) is 4.72. The van der Waals surface area contributed by atoms with Crippen LogP contribution >= 0.6 is 0 Å². The van der Waals surface area contributed by atoms with Crippen molar-refractivity contribution in [2.24, 2.45) is 16.9 Å². The molecule has 1 amide bonds. The molecule has 1 fully saturated rings. The van der Waals surface area contributed by atoms with Gasteiger partial charge < -0.3 is 16.6 Å². The average Bonchev–Trinajstić information content (AvgIpc) is 3.14. The number of ketones is 1. The maximum atomic E-state index is 13.9. The van der Waals surface area contributed by atoms with E-state index in [1.807, 2.05) is 36.4 Å². The fraction of sp³-hybridized carbons (Fsp3) is 0.348. The van der Waals surface area contributed by atoms with Crippen molar-refractivity contribution in [3.05, 3.63) is 71.8 Å². The quantitative estimate of drug-likeness (QED) is 0.593. The van der Waals surface area contributed by atoms with Crippen molar-refractivity contribution in [3.8, 4) is 0 Å². The normalized spacial score (nSPS) is 23.3. The van der Waals surface area contributed by atoms with Crippen molar-refractivity contribution in [1.29, 1.82) is 0 Å². The molecule has 0 saturated heterocycles. The van der Waals surface area contributed by atoms with Crippen LogP contribution in [0.4, 0.5) is 0 Å². The Kier molecular flexibility index (Phi) is 5.84. The highest BCUT2D eigenvalue weighted by Gasteiger charge is 2.59. The minimum absolute atomic E-state index is 0.0233. The van der Waals surface area contributed by atoms with Crippen molar-refractivity contribution in [1.82, 2.24) is 0 Å². The number of carboxylic acid groups (broad SMARTS) is 1. The lowest BCUT2D eigenvalue weighted by Crippen LogP contribution is -2.61. The molecule has 152 valence electrons. The van der Waals surface area contributed by atoms with Gasteiger partial charge in [0.15, 0.2) is 5.78 Å². The summed E-state index contributed by atoms with van der Waals surface area (Å²) in [6, 6.07) is 18.3. The number of benzene rings is 2. The smallest absolute Gasteiger partial charge is 0.305 e. The second-order valence-electron chi connectivity index (χ2n) is 7.91. The highest BCUT2D eigenvalue weighted by Crippen LogP contribution is 2.52. The minimum Gasteiger partial charge on any atom is -0.481 e.